The van der Waals surface area contributed by atoms with Gasteiger partial charge in [-0.25, -0.2) is 9.78 Å². The number of rotatable bonds is 7. The highest BCUT2D eigenvalue weighted by molar-refractivity contribution is 7.99. The van der Waals surface area contributed by atoms with Crippen LogP contribution in [0, 0.1) is 13.8 Å². The minimum Gasteiger partial charge on any atom is -0.352 e. The zero-order valence-electron chi connectivity index (χ0n) is 21.1. The molecule has 1 saturated carbocycles. The third kappa shape index (κ3) is 6.55. The van der Waals surface area contributed by atoms with Crippen LogP contribution in [0.4, 0.5) is 16.2 Å². The molecule has 4 rings (SSSR count). The molecular formula is C27H37N5O2S. The summed E-state index contributed by atoms with van der Waals surface area (Å²) in [6.07, 6.45) is 7.57. The van der Waals surface area contributed by atoms with E-state index < -0.39 is 0 Å². The van der Waals surface area contributed by atoms with E-state index in [1.807, 2.05) is 19.9 Å². The molecule has 2 aliphatic rings. The Labute approximate surface area is 213 Å². The second-order valence-electron chi connectivity index (χ2n) is 9.62. The number of fused-ring (bicyclic) bond motifs is 1. The number of hydrogen-bond acceptors (Lipinski definition) is 5. The molecule has 1 aliphatic carbocycles. The Morgan fingerprint density at radius 1 is 1.14 bits per heavy atom. The van der Waals surface area contributed by atoms with E-state index in [4.69, 9.17) is 0 Å². The quantitative estimate of drug-likeness (QED) is 0.515. The van der Waals surface area contributed by atoms with Gasteiger partial charge < -0.3 is 15.5 Å². The van der Waals surface area contributed by atoms with Gasteiger partial charge in [-0.1, -0.05) is 19.3 Å². The lowest BCUT2D eigenvalue weighted by molar-refractivity contribution is 0.0950. The van der Waals surface area contributed by atoms with Crippen LogP contribution < -0.4 is 15.5 Å². The highest BCUT2D eigenvalue weighted by Gasteiger charge is 2.26. The monoisotopic (exact) mass is 495 g/mol. The summed E-state index contributed by atoms with van der Waals surface area (Å²) in [5, 5.41) is 6.89. The number of carbonyl (C=O) groups excluding carboxylic acids is 2. The third-order valence-corrected chi connectivity index (χ3v) is 7.86. The summed E-state index contributed by atoms with van der Waals surface area (Å²) >= 11 is 1.69. The highest BCUT2D eigenvalue weighted by atomic mass is 32.2. The number of amides is 3. The van der Waals surface area contributed by atoms with Gasteiger partial charge in [-0.2, -0.15) is 0 Å². The molecular weight excluding hydrogens is 458 g/mol. The molecule has 2 N–H and O–H groups in total. The van der Waals surface area contributed by atoms with E-state index in [9.17, 15) is 9.59 Å². The largest absolute Gasteiger partial charge is 0.352 e. The van der Waals surface area contributed by atoms with E-state index in [-0.39, 0.29) is 11.9 Å². The van der Waals surface area contributed by atoms with Crippen molar-refractivity contribution in [3.8, 4) is 0 Å². The molecule has 7 nitrogen and oxygen atoms in total. The number of pyridine rings is 1. The average molecular weight is 496 g/mol. The van der Waals surface area contributed by atoms with Crippen molar-refractivity contribution < 1.29 is 9.59 Å². The number of aryl methyl sites for hydroxylation is 2. The minimum atomic E-state index is -0.181. The van der Waals surface area contributed by atoms with Crippen molar-refractivity contribution in [1.29, 1.82) is 0 Å². The van der Waals surface area contributed by atoms with Crippen LogP contribution in [0.2, 0.25) is 0 Å². The van der Waals surface area contributed by atoms with Gasteiger partial charge in [0.25, 0.3) is 5.91 Å². The van der Waals surface area contributed by atoms with Crippen LogP contribution in [0.15, 0.2) is 35.4 Å². The lowest BCUT2D eigenvalue weighted by Gasteiger charge is -2.31. The summed E-state index contributed by atoms with van der Waals surface area (Å²) < 4.78 is 0. The summed E-state index contributed by atoms with van der Waals surface area (Å²) in [6, 6.07) is 9.60. The van der Waals surface area contributed by atoms with E-state index in [1.165, 1.54) is 32.1 Å². The van der Waals surface area contributed by atoms with Crippen molar-refractivity contribution in [2.75, 3.05) is 42.7 Å². The van der Waals surface area contributed by atoms with Gasteiger partial charge >= 0.3 is 6.03 Å². The smallest absolute Gasteiger partial charge is 0.326 e. The Morgan fingerprint density at radius 3 is 2.63 bits per heavy atom. The molecule has 0 unspecified atom stereocenters. The lowest BCUT2D eigenvalue weighted by atomic mass is 9.94. The Hall–Kier alpha value is -2.58. The maximum Gasteiger partial charge on any atom is 0.326 e. The molecule has 1 aliphatic heterocycles. The van der Waals surface area contributed by atoms with Crippen LogP contribution in [-0.2, 0) is 0 Å². The first-order chi connectivity index (χ1) is 16.9. The summed E-state index contributed by atoms with van der Waals surface area (Å²) in [5.74, 6) is 0.730. The maximum absolute atomic E-state index is 13.0. The van der Waals surface area contributed by atoms with E-state index in [0.29, 0.717) is 30.4 Å². The van der Waals surface area contributed by atoms with Crippen LogP contribution in [0.5, 0.6) is 0 Å². The van der Waals surface area contributed by atoms with Gasteiger partial charge in [0, 0.05) is 41.8 Å². The zero-order valence-corrected chi connectivity index (χ0v) is 21.9. The molecule has 35 heavy (non-hydrogen) atoms. The van der Waals surface area contributed by atoms with Crippen molar-refractivity contribution in [2.45, 2.75) is 63.4 Å². The maximum atomic E-state index is 13.0. The topological polar surface area (TPSA) is 77.6 Å². The van der Waals surface area contributed by atoms with Crippen molar-refractivity contribution >= 4 is 35.1 Å². The fourth-order valence-electron chi connectivity index (χ4n) is 5.01. The predicted octanol–water partition coefficient (Wildman–Crippen LogP) is 5.23. The Kier molecular flexibility index (Phi) is 8.68. The first kappa shape index (κ1) is 25.5. The molecule has 8 heteroatoms. The van der Waals surface area contributed by atoms with Crippen molar-refractivity contribution in [3.63, 3.8) is 0 Å². The van der Waals surface area contributed by atoms with Crippen LogP contribution in [0.1, 0.15) is 60.1 Å². The summed E-state index contributed by atoms with van der Waals surface area (Å²) in [4.78, 5) is 34.4. The third-order valence-electron chi connectivity index (χ3n) is 6.92. The number of hydrogen-bond donors (Lipinski definition) is 2. The molecule has 0 saturated heterocycles. The average Bonchev–Trinajstić information content (AvgIpc) is 2.86. The molecule has 188 valence electrons. The summed E-state index contributed by atoms with van der Waals surface area (Å²) in [6.45, 7) is 6.28. The molecule has 3 amide bonds. The second-order valence-corrected chi connectivity index (χ2v) is 10.7. The Morgan fingerprint density at radius 2 is 1.89 bits per heavy atom. The number of thioether (sulfide) groups is 1. The number of carbonyl (C=O) groups is 2. The van der Waals surface area contributed by atoms with Gasteiger partial charge in [0.15, 0.2) is 0 Å². The second kappa shape index (κ2) is 11.9. The first-order valence-corrected chi connectivity index (χ1v) is 13.7. The molecule has 0 bridgehead atoms. The van der Waals surface area contributed by atoms with Crippen molar-refractivity contribution in [1.82, 2.24) is 15.2 Å². The molecule has 2 heterocycles. The van der Waals surface area contributed by atoms with Gasteiger partial charge in [-0.15, -0.1) is 11.8 Å². The number of nitrogens with one attached hydrogen (secondary N) is 2. The van der Waals surface area contributed by atoms with E-state index in [1.54, 1.807) is 40.9 Å². The van der Waals surface area contributed by atoms with Gasteiger partial charge in [-0.3, -0.25) is 9.69 Å². The van der Waals surface area contributed by atoms with Gasteiger partial charge in [0.05, 0.1) is 5.69 Å². The van der Waals surface area contributed by atoms with Crippen LogP contribution in [-0.4, -0.2) is 60.3 Å². The van der Waals surface area contributed by atoms with E-state index in [2.05, 4.69) is 27.6 Å². The standard InChI is InChI=1S/C27H37N5O2S/c1-19-18-20(2)29-26-24(19)32(16-17-35-26)27(34)30-22-12-10-21(11-13-22)25(33)28-14-7-15-31(3)23-8-5-4-6-9-23/h10-13,18,23H,4-9,14-17H2,1-3H3,(H,28,33)(H,30,34). The van der Waals surface area contributed by atoms with Gasteiger partial charge in [0.2, 0.25) is 0 Å². The number of benzene rings is 1. The normalized spacial score (nSPS) is 16.2. The minimum absolute atomic E-state index is 0.0813. The SMILES string of the molecule is Cc1cc(C)c2c(n1)SCCN2C(=O)Nc1ccc(C(=O)NCCCN(C)C2CCCCC2)cc1. The number of anilines is 2. The van der Waals surface area contributed by atoms with Gasteiger partial charge in [0.1, 0.15) is 5.03 Å². The molecule has 1 fully saturated rings. The highest BCUT2D eigenvalue weighted by Crippen LogP contribution is 2.36. The fourth-order valence-corrected chi connectivity index (χ4v) is 6.09. The number of urea groups is 1. The Balaban J connectivity index is 1.26. The molecule has 0 radical (unpaired) electrons. The molecule has 0 atom stereocenters. The molecule has 0 spiro atoms. The van der Waals surface area contributed by atoms with Crippen molar-refractivity contribution in [2.24, 2.45) is 0 Å². The van der Waals surface area contributed by atoms with E-state index in [0.717, 1.165) is 40.7 Å². The molecule has 1 aromatic heterocycles. The fraction of sp³-hybridized carbons (Fsp3) is 0.519. The number of aromatic nitrogens is 1. The Bertz CT molecular complexity index is 1040. The first-order valence-electron chi connectivity index (χ1n) is 12.7. The van der Waals surface area contributed by atoms with Crippen LogP contribution >= 0.6 is 11.8 Å². The van der Waals surface area contributed by atoms with Gasteiger partial charge in [-0.05, 0) is 82.6 Å². The zero-order chi connectivity index (χ0) is 24.8. The van der Waals surface area contributed by atoms with E-state index >= 15 is 0 Å². The van der Waals surface area contributed by atoms with Crippen molar-refractivity contribution in [3.05, 3.63) is 47.2 Å². The summed E-state index contributed by atoms with van der Waals surface area (Å²) in [7, 11) is 2.20. The van der Waals surface area contributed by atoms with Crippen LogP contribution in [0.25, 0.3) is 0 Å². The number of nitrogens with zero attached hydrogens (tertiary/aromatic N) is 3. The summed E-state index contributed by atoms with van der Waals surface area (Å²) in [5.41, 5.74) is 4.15. The lowest BCUT2D eigenvalue weighted by Crippen LogP contribution is -2.39. The predicted molar refractivity (Wildman–Crippen MR) is 144 cm³/mol. The molecule has 2 aromatic rings. The van der Waals surface area contributed by atoms with Crippen LogP contribution in [0.3, 0.4) is 0 Å². The molecule has 1 aromatic carbocycles.